The van der Waals surface area contributed by atoms with E-state index in [9.17, 15) is 9.90 Å². The summed E-state index contributed by atoms with van der Waals surface area (Å²) in [5, 5.41) is 11.9. The minimum Gasteiger partial charge on any atom is -0.494 e. The second kappa shape index (κ2) is 4.31. The largest absolute Gasteiger partial charge is 0.494 e. The average molecular weight is 257 g/mol. The van der Waals surface area contributed by atoms with E-state index < -0.39 is 0 Å². The lowest BCUT2D eigenvalue weighted by molar-refractivity contribution is 0.451. The van der Waals surface area contributed by atoms with Crippen LogP contribution < -0.4 is 4.87 Å². The van der Waals surface area contributed by atoms with Crippen LogP contribution in [0.3, 0.4) is 0 Å². The van der Waals surface area contributed by atoms with Crippen molar-refractivity contribution in [3.05, 3.63) is 62.6 Å². The van der Waals surface area contributed by atoms with Crippen LogP contribution in [-0.2, 0) is 6.42 Å². The summed E-state index contributed by atoms with van der Waals surface area (Å²) in [4.78, 5) is 14.0. The average Bonchev–Trinajstić information content (AvgIpc) is 2.68. The maximum Gasteiger partial charge on any atom is 0.307 e. The van der Waals surface area contributed by atoms with E-state index in [4.69, 9.17) is 0 Å². The van der Waals surface area contributed by atoms with E-state index in [-0.39, 0.29) is 10.8 Å². The first-order valence-electron chi connectivity index (χ1n) is 5.61. The Kier molecular flexibility index (Phi) is 2.64. The van der Waals surface area contributed by atoms with Crippen LogP contribution in [0.5, 0.6) is 5.88 Å². The number of hydrogen-bond acceptors (Lipinski definition) is 3. The van der Waals surface area contributed by atoms with E-state index in [1.54, 1.807) is 0 Å². The molecule has 2 aromatic carbocycles. The van der Waals surface area contributed by atoms with Crippen molar-refractivity contribution in [2.45, 2.75) is 6.42 Å². The van der Waals surface area contributed by atoms with Crippen molar-refractivity contribution in [3.63, 3.8) is 0 Å². The molecular formula is C14H11NO2S. The first-order chi connectivity index (χ1) is 8.74. The van der Waals surface area contributed by atoms with E-state index in [1.165, 1.54) is 0 Å². The SMILES string of the molecule is O=c1[nH]c(O)c(Cc2cccc3ccccc23)s1. The van der Waals surface area contributed by atoms with Gasteiger partial charge in [-0.3, -0.25) is 9.78 Å². The molecule has 4 heteroatoms. The monoisotopic (exact) mass is 257 g/mol. The molecule has 3 aromatic rings. The van der Waals surface area contributed by atoms with Crippen molar-refractivity contribution in [1.82, 2.24) is 4.98 Å². The summed E-state index contributed by atoms with van der Waals surface area (Å²) in [6, 6.07) is 14.2. The summed E-state index contributed by atoms with van der Waals surface area (Å²) in [6.07, 6.45) is 0.566. The second-order valence-electron chi connectivity index (χ2n) is 4.10. The van der Waals surface area contributed by atoms with Gasteiger partial charge in [-0.25, -0.2) is 0 Å². The summed E-state index contributed by atoms with van der Waals surface area (Å²) in [5.74, 6) is -0.0158. The van der Waals surface area contributed by atoms with Gasteiger partial charge in [-0.15, -0.1) is 0 Å². The maximum atomic E-state index is 11.2. The molecular weight excluding hydrogens is 246 g/mol. The summed E-state index contributed by atoms with van der Waals surface area (Å²) >= 11 is 1.06. The minimum atomic E-state index is -0.220. The summed E-state index contributed by atoms with van der Waals surface area (Å²) in [5.41, 5.74) is 1.11. The van der Waals surface area contributed by atoms with Gasteiger partial charge in [-0.2, -0.15) is 0 Å². The van der Waals surface area contributed by atoms with E-state index >= 15 is 0 Å². The van der Waals surface area contributed by atoms with Gasteiger partial charge in [-0.1, -0.05) is 53.8 Å². The molecule has 0 fully saturated rings. The number of H-pyrrole nitrogens is 1. The molecule has 3 nitrogen and oxygen atoms in total. The highest BCUT2D eigenvalue weighted by molar-refractivity contribution is 7.09. The van der Waals surface area contributed by atoms with Crippen molar-refractivity contribution < 1.29 is 5.11 Å². The molecule has 0 radical (unpaired) electrons. The number of thiazole rings is 1. The lowest BCUT2D eigenvalue weighted by atomic mass is 10.0. The molecule has 90 valence electrons. The highest BCUT2D eigenvalue weighted by Crippen LogP contribution is 2.25. The van der Waals surface area contributed by atoms with Crippen molar-refractivity contribution in [3.8, 4) is 5.88 Å². The van der Waals surface area contributed by atoms with Crippen molar-refractivity contribution >= 4 is 22.1 Å². The number of aromatic amines is 1. The molecule has 18 heavy (non-hydrogen) atoms. The van der Waals surface area contributed by atoms with E-state index in [2.05, 4.69) is 23.2 Å². The second-order valence-corrected chi connectivity index (χ2v) is 5.17. The van der Waals surface area contributed by atoms with Crippen LogP contribution in [0.2, 0.25) is 0 Å². The Balaban J connectivity index is 2.10. The third kappa shape index (κ3) is 1.91. The Bertz CT molecular complexity index is 752. The predicted octanol–water partition coefficient (Wildman–Crippen LogP) is 2.89. The number of rotatable bonds is 2. The van der Waals surface area contributed by atoms with Crippen molar-refractivity contribution in [1.29, 1.82) is 0 Å². The smallest absolute Gasteiger partial charge is 0.307 e. The number of benzene rings is 2. The number of aromatic hydroxyl groups is 1. The molecule has 0 atom stereocenters. The Labute approximate surface area is 107 Å². The Morgan fingerprint density at radius 1 is 1.11 bits per heavy atom. The van der Waals surface area contributed by atoms with Crippen molar-refractivity contribution in [2.75, 3.05) is 0 Å². The fraction of sp³-hybridized carbons (Fsp3) is 0.0714. The topological polar surface area (TPSA) is 53.1 Å². The molecule has 0 unspecified atom stereocenters. The van der Waals surface area contributed by atoms with Gasteiger partial charge in [-0.05, 0) is 16.3 Å². The molecule has 2 N–H and O–H groups in total. The van der Waals surface area contributed by atoms with Crippen LogP contribution >= 0.6 is 11.3 Å². The number of fused-ring (bicyclic) bond motifs is 1. The predicted molar refractivity (Wildman–Crippen MR) is 73.4 cm³/mol. The fourth-order valence-corrected chi connectivity index (χ4v) is 2.84. The van der Waals surface area contributed by atoms with Gasteiger partial charge >= 0.3 is 4.87 Å². The van der Waals surface area contributed by atoms with Gasteiger partial charge in [0.25, 0.3) is 0 Å². The Morgan fingerprint density at radius 2 is 1.89 bits per heavy atom. The van der Waals surface area contributed by atoms with Gasteiger partial charge in [0.05, 0.1) is 4.88 Å². The number of aromatic nitrogens is 1. The van der Waals surface area contributed by atoms with E-state index in [0.717, 1.165) is 27.7 Å². The molecule has 3 rings (SSSR count). The van der Waals surface area contributed by atoms with Gasteiger partial charge in [0.1, 0.15) is 0 Å². The normalized spacial score (nSPS) is 10.9. The van der Waals surface area contributed by atoms with Gasteiger partial charge in [0, 0.05) is 6.42 Å². The van der Waals surface area contributed by atoms with Crippen LogP contribution in [-0.4, -0.2) is 10.1 Å². The van der Waals surface area contributed by atoms with Crippen molar-refractivity contribution in [2.24, 2.45) is 0 Å². The standard InChI is InChI=1S/C14H11NO2S/c16-13-12(18-14(17)15-13)8-10-6-3-5-9-4-1-2-7-11(9)10/h1-7,16H,8H2,(H,15,17). The molecule has 0 saturated heterocycles. The molecule has 0 saturated carbocycles. The maximum absolute atomic E-state index is 11.2. The van der Waals surface area contributed by atoms with E-state index in [1.807, 2.05) is 24.3 Å². The molecule has 0 aliphatic heterocycles. The zero-order valence-corrected chi connectivity index (χ0v) is 10.3. The molecule has 0 bridgehead atoms. The lowest BCUT2D eigenvalue weighted by Gasteiger charge is -2.05. The third-order valence-corrected chi connectivity index (χ3v) is 3.80. The molecule has 0 aliphatic rings. The summed E-state index contributed by atoms with van der Waals surface area (Å²) in [6.45, 7) is 0. The highest BCUT2D eigenvalue weighted by Gasteiger charge is 2.09. The van der Waals surface area contributed by atoms with Gasteiger partial charge < -0.3 is 5.11 Å². The Morgan fingerprint density at radius 3 is 2.67 bits per heavy atom. The zero-order valence-electron chi connectivity index (χ0n) is 9.51. The fourth-order valence-electron chi connectivity index (χ4n) is 2.09. The van der Waals surface area contributed by atoms with Crippen LogP contribution in [0, 0.1) is 0 Å². The lowest BCUT2D eigenvalue weighted by Crippen LogP contribution is -1.89. The molecule has 0 amide bonds. The van der Waals surface area contributed by atoms with E-state index in [0.29, 0.717) is 11.3 Å². The van der Waals surface area contributed by atoms with Crippen LogP contribution in [0.4, 0.5) is 0 Å². The quantitative estimate of drug-likeness (QED) is 0.741. The number of nitrogens with one attached hydrogen (secondary N) is 1. The van der Waals surface area contributed by atoms with Gasteiger partial charge in [0.15, 0.2) is 0 Å². The third-order valence-electron chi connectivity index (χ3n) is 2.93. The van der Waals surface area contributed by atoms with Crippen LogP contribution in [0.15, 0.2) is 47.3 Å². The first kappa shape index (κ1) is 11.0. The molecule has 1 aromatic heterocycles. The molecule has 0 aliphatic carbocycles. The summed E-state index contributed by atoms with van der Waals surface area (Å²) < 4.78 is 0. The molecule has 0 spiro atoms. The first-order valence-corrected chi connectivity index (χ1v) is 6.43. The Hall–Kier alpha value is -2.07. The molecule has 1 heterocycles. The minimum absolute atomic E-state index is 0.0158. The van der Waals surface area contributed by atoms with Gasteiger partial charge in [0.2, 0.25) is 5.88 Å². The van der Waals surface area contributed by atoms with Crippen LogP contribution in [0.1, 0.15) is 10.4 Å². The summed E-state index contributed by atoms with van der Waals surface area (Å²) in [7, 11) is 0. The zero-order chi connectivity index (χ0) is 12.5. The number of hydrogen-bond donors (Lipinski definition) is 2. The van der Waals surface area contributed by atoms with Crippen LogP contribution in [0.25, 0.3) is 10.8 Å². The highest BCUT2D eigenvalue weighted by atomic mass is 32.1.